The maximum atomic E-state index is 12.4. The first-order chi connectivity index (χ1) is 13.5. The molecule has 0 saturated carbocycles. The van der Waals surface area contributed by atoms with Gasteiger partial charge in [-0.25, -0.2) is 0 Å². The molecule has 7 heteroatoms. The van der Waals surface area contributed by atoms with Crippen molar-refractivity contribution in [1.29, 1.82) is 5.26 Å². The Morgan fingerprint density at radius 3 is 2.50 bits per heavy atom. The summed E-state index contributed by atoms with van der Waals surface area (Å²) < 4.78 is 16.2. The van der Waals surface area contributed by atoms with Gasteiger partial charge in [0.1, 0.15) is 5.75 Å². The molecule has 0 heterocycles. The summed E-state index contributed by atoms with van der Waals surface area (Å²) in [4.78, 5) is 14.0. The molecule has 1 amide bonds. The zero-order valence-corrected chi connectivity index (χ0v) is 17.0. The molecule has 2 aromatic rings. The van der Waals surface area contributed by atoms with E-state index in [1.54, 1.807) is 55.5 Å². The van der Waals surface area contributed by atoms with E-state index in [9.17, 15) is 4.79 Å². The predicted molar refractivity (Wildman–Crippen MR) is 107 cm³/mol. The molecule has 28 heavy (non-hydrogen) atoms. The SMILES string of the molecule is COc1ccc(Cl)cc1CN(C)C(=O)CCCOc1ccc(C#N)cc1OC. The van der Waals surface area contributed by atoms with Crippen molar-refractivity contribution in [3.8, 4) is 23.3 Å². The molecule has 148 valence electrons. The Labute approximate surface area is 170 Å². The van der Waals surface area contributed by atoms with Gasteiger partial charge in [-0.3, -0.25) is 4.79 Å². The first-order valence-electron chi connectivity index (χ1n) is 8.75. The molecule has 0 aliphatic rings. The average Bonchev–Trinajstić information content (AvgIpc) is 2.71. The largest absolute Gasteiger partial charge is 0.496 e. The van der Waals surface area contributed by atoms with Gasteiger partial charge in [-0.05, 0) is 36.8 Å². The van der Waals surface area contributed by atoms with Crippen LogP contribution in [0.1, 0.15) is 24.0 Å². The van der Waals surface area contributed by atoms with Gasteiger partial charge in [0.2, 0.25) is 5.91 Å². The molecule has 6 nitrogen and oxygen atoms in total. The highest BCUT2D eigenvalue weighted by Gasteiger charge is 2.13. The Morgan fingerprint density at radius 1 is 1.11 bits per heavy atom. The van der Waals surface area contributed by atoms with Crippen LogP contribution < -0.4 is 14.2 Å². The van der Waals surface area contributed by atoms with E-state index in [0.717, 1.165) is 5.56 Å². The van der Waals surface area contributed by atoms with E-state index in [-0.39, 0.29) is 5.91 Å². The van der Waals surface area contributed by atoms with Crippen molar-refractivity contribution in [2.45, 2.75) is 19.4 Å². The Morgan fingerprint density at radius 2 is 1.82 bits per heavy atom. The normalized spacial score (nSPS) is 10.1. The van der Waals surface area contributed by atoms with Crippen LogP contribution in [0.5, 0.6) is 17.2 Å². The minimum absolute atomic E-state index is 0.00239. The standard InChI is InChI=1S/C21H23ClN2O4/c1-24(14-16-12-17(22)7-9-18(16)26-2)21(25)5-4-10-28-19-8-6-15(13-23)11-20(19)27-3/h6-9,11-12H,4-5,10,14H2,1-3H3. The summed E-state index contributed by atoms with van der Waals surface area (Å²) in [6, 6.07) is 12.4. The third kappa shape index (κ3) is 5.80. The highest BCUT2D eigenvalue weighted by molar-refractivity contribution is 6.30. The minimum Gasteiger partial charge on any atom is -0.496 e. The lowest BCUT2D eigenvalue weighted by Crippen LogP contribution is -2.26. The molecule has 0 aliphatic carbocycles. The molecule has 0 radical (unpaired) electrons. The van der Waals surface area contributed by atoms with Gasteiger partial charge in [0.05, 0.1) is 32.5 Å². The van der Waals surface area contributed by atoms with Crippen LogP contribution in [-0.2, 0) is 11.3 Å². The van der Waals surface area contributed by atoms with Crippen molar-refractivity contribution in [3.63, 3.8) is 0 Å². The number of carbonyl (C=O) groups excluding carboxylic acids is 1. The number of ether oxygens (including phenoxy) is 3. The second kappa shape index (κ2) is 10.4. The lowest BCUT2D eigenvalue weighted by atomic mass is 10.2. The third-order valence-electron chi connectivity index (χ3n) is 4.16. The van der Waals surface area contributed by atoms with E-state index < -0.39 is 0 Å². The van der Waals surface area contributed by atoms with E-state index in [1.807, 2.05) is 0 Å². The minimum atomic E-state index is -0.00239. The van der Waals surface area contributed by atoms with Crippen LogP contribution >= 0.6 is 11.6 Å². The second-order valence-corrected chi connectivity index (χ2v) is 6.57. The van der Waals surface area contributed by atoms with Gasteiger partial charge < -0.3 is 19.1 Å². The molecular formula is C21H23ClN2O4. The molecule has 0 unspecified atom stereocenters. The topological polar surface area (TPSA) is 71.8 Å². The predicted octanol–water partition coefficient (Wildman–Crippen LogP) is 4.05. The highest BCUT2D eigenvalue weighted by atomic mass is 35.5. The van der Waals surface area contributed by atoms with E-state index in [2.05, 4.69) is 6.07 Å². The lowest BCUT2D eigenvalue weighted by molar-refractivity contribution is -0.130. The van der Waals surface area contributed by atoms with Crippen LogP contribution in [0.25, 0.3) is 0 Å². The van der Waals surface area contributed by atoms with Crippen molar-refractivity contribution in [2.75, 3.05) is 27.9 Å². The summed E-state index contributed by atoms with van der Waals surface area (Å²) >= 11 is 6.04. The van der Waals surface area contributed by atoms with Gasteiger partial charge in [-0.15, -0.1) is 0 Å². The summed E-state index contributed by atoms with van der Waals surface area (Å²) in [6.45, 7) is 0.773. The average molecular weight is 403 g/mol. The number of methoxy groups -OCH3 is 2. The zero-order valence-electron chi connectivity index (χ0n) is 16.2. The molecule has 0 saturated heterocycles. The van der Waals surface area contributed by atoms with Crippen LogP contribution in [0.4, 0.5) is 0 Å². The monoisotopic (exact) mass is 402 g/mol. The van der Waals surface area contributed by atoms with Crippen LogP contribution in [0.3, 0.4) is 0 Å². The summed E-state index contributed by atoms with van der Waals surface area (Å²) in [5, 5.41) is 9.52. The van der Waals surface area contributed by atoms with Gasteiger partial charge in [-0.1, -0.05) is 11.6 Å². The first kappa shape index (κ1) is 21.4. The van der Waals surface area contributed by atoms with Crippen molar-refractivity contribution < 1.29 is 19.0 Å². The smallest absolute Gasteiger partial charge is 0.222 e. The molecule has 0 atom stereocenters. The lowest BCUT2D eigenvalue weighted by Gasteiger charge is -2.19. The molecule has 0 aromatic heterocycles. The molecule has 2 rings (SSSR count). The number of hydrogen-bond acceptors (Lipinski definition) is 5. The zero-order chi connectivity index (χ0) is 20.5. The van der Waals surface area contributed by atoms with E-state index in [4.69, 9.17) is 31.1 Å². The third-order valence-corrected chi connectivity index (χ3v) is 4.40. The van der Waals surface area contributed by atoms with Gasteiger partial charge >= 0.3 is 0 Å². The Bertz CT molecular complexity index is 864. The summed E-state index contributed by atoms with van der Waals surface area (Å²) in [5.41, 5.74) is 1.35. The Kier molecular flexibility index (Phi) is 7.97. The van der Waals surface area contributed by atoms with Crippen LogP contribution in [0.2, 0.25) is 5.02 Å². The van der Waals surface area contributed by atoms with Crippen molar-refractivity contribution in [3.05, 3.63) is 52.5 Å². The molecule has 0 spiro atoms. The number of rotatable bonds is 9. The second-order valence-electron chi connectivity index (χ2n) is 6.14. The Balaban J connectivity index is 1.84. The summed E-state index contributed by atoms with van der Waals surface area (Å²) in [7, 11) is 4.85. The summed E-state index contributed by atoms with van der Waals surface area (Å²) in [6.07, 6.45) is 0.900. The fourth-order valence-electron chi connectivity index (χ4n) is 2.67. The number of nitrogens with zero attached hydrogens (tertiary/aromatic N) is 2. The molecule has 0 bridgehead atoms. The fourth-order valence-corrected chi connectivity index (χ4v) is 2.86. The number of benzene rings is 2. The van der Waals surface area contributed by atoms with Crippen molar-refractivity contribution in [2.24, 2.45) is 0 Å². The maximum absolute atomic E-state index is 12.4. The van der Waals surface area contributed by atoms with E-state index in [0.29, 0.717) is 53.8 Å². The number of carbonyl (C=O) groups is 1. The molecule has 0 N–H and O–H groups in total. The molecular weight excluding hydrogens is 380 g/mol. The van der Waals surface area contributed by atoms with Crippen LogP contribution in [0.15, 0.2) is 36.4 Å². The van der Waals surface area contributed by atoms with Gasteiger partial charge in [0.15, 0.2) is 11.5 Å². The Hall–Kier alpha value is -2.91. The van der Waals surface area contributed by atoms with E-state index in [1.165, 1.54) is 7.11 Å². The summed E-state index contributed by atoms with van der Waals surface area (Å²) in [5.74, 6) is 1.74. The molecule has 0 aliphatic heterocycles. The van der Waals surface area contributed by atoms with Crippen LogP contribution in [-0.4, -0.2) is 38.7 Å². The van der Waals surface area contributed by atoms with Gasteiger partial charge in [0.25, 0.3) is 0 Å². The fraction of sp³-hybridized carbons (Fsp3) is 0.333. The molecule has 2 aromatic carbocycles. The van der Waals surface area contributed by atoms with Gasteiger partial charge in [0, 0.05) is 36.7 Å². The van der Waals surface area contributed by atoms with Gasteiger partial charge in [-0.2, -0.15) is 5.26 Å². The van der Waals surface area contributed by atoms with E-state index >= 15 is 0 Å². The molecule has 0 fully saturated rings. The quantitative estimate of drug-likeness (QED) is 0.592. The van der Waals surface area contributed by atoms with Crippen molar-refractivity contribution in [1.82, 2.24) is 4.90 Å². The number of nitriles is 1. The first-order valence-corrected chi connectivity index (χ1v) is 9.13. The van der Waals surface area contributed by atoms with Crippen molar-refractivity contribution >= 4 is 17.5 Å². The number of halogens is 1. The highest BCUT2D eigenvalue weighted by Crippen LogP contribution is 2.28. The number of amides is 1. The maximum Gasteiger partial charge on any atom is 0.222 e. The number of hydrogen-bond donors (Lipinski definition) is 0. The van der Waals surface area contributed by atoms with Crippen LogP contribution in [0, 0.1) is 11.3 Å².